The van der Waals surface area contributed by atoms with Crippen molar-refractivity contribution < 1.29 is 18.4 Å². The van der Waals surface area contributed by atoms with E-state index in [1.165, 1.54) is 0 Å². The number of carbonyl (C=O) groups excluding carboxylic acids is 2. The van der Waals surface area contributed by atoms with Crippen molar-refractivity contribution in [1.82, 2.24) is 15.1 Å². The molecule has 1 atom stereocenters. The standard InChI is InChI=1S/C16H19F2N3O2/c17-12-6-11(7-13(18)8-12)16(23)20-4-1-2-14(10-20)21-5-3-19-9-15(21)22/h6-8,14,19H,1-5,9-10H2. The number of halogens is 2. The summed E-state index contributed by atoms with van der Waals surface area (Å²) in [6, 6.07) is 2.81. The number of benzene rings is 1. The normalized spacial score (nSPS) is 22.3. The van der Waals surface area contributed by atoms with Crippen LogP contribution in [0, 0.1) is 11.6 Å². The van der Waals surface area contributed by atoms with Crippen LogP contribution in [0.2, 0.25) is 0 Å². The molecule has 1 unspecified atom stereocenters. The summed E-state index contributed by atoms with van der Waals surface area (Å²) >= 11 is 0. The lowest BCUT2D eigenvalue weighted by molar-refractivity contribution is -0.135. The van der Waals surface area contributed by atoms with Crippen molar-refractivity contribution in [2.24, 2.45) is 0 Å². The van der Waals surface area contributed by atoms with Gasteiger partial charge in [0, 0.05) is 43.9 Å². The Kier molecular flexibility index (Phi) is 4.56. The van der Waals surface area contributed by atoms with Gasteiger partial charge in [-0.2, -0.15) is 0 Å². The number of hydrogen-bond acceptors (Lipinski definition) is 3. The zero-order valence-electron chi connectivity index (χ0n) is 12.7. The van der Waals surface area contributed by atoms with Gasteiger partial charge in [-0.05, 0) is 25.0 Å². The van der Waals surface area contributed by atoms with Crippen LogP contribution >= 0.6 is 0 Å². The van der Waals surface area contributed by atoms with Crippen molar-refractivity contribution in [1.29, 1.82) is 0 Å². The number of piperazine rings is 1. The van der Waals surface area contributed by atoms with Crippen molar-refractivity contribution in [3.8, 4) is 0 Å². The molecule has 2 heterocycles. The third-order valence-corrected chi connectivity index (χ3v) is 4.36. The molecule has 2 amide bonds. The Morgan fingerprint density at radius 3 is 2.61 bits per heavy atom. The van der Waals surface area contributed by atoms with Crippen molar-refractivity contribution >= 4 is 11.8 Å². The fourth-order valence-electron chi connectivity index (χ4n) is 3.26. The Morgan fingerprint density at radius 1 is 1.17 bits per heavy atom. The molecule has 5 nitrogen and oxygen atoms in total. The van der Waals surface area contributed by atoms with Crippen LogP contribution in [0.3, 0.4) is 0 Å². The van der Waals surface area contributed by atoms with Gasteiger partial charge in [0.25, 0.3) is 5.91 Å². The fourth-order valence-corrected chi connectivity index (χ4v) is 3.26. The average molecular weight is 323 g/mol. The largest absolute Gasteiger partial charge is 0.337 e. The van der Waals surface area contributed by atoms with Gasteiger partial charge >= 0.3 is 0 Å². The summed E-state index contributed by atoms with van der Waals surface area (Å²) in [5.74, 6) is -1.89. The van der Waals surface area contributed by atoms with E-state index in [4.69, 9.17) is 0 Å². The zero-order valence-corrected chi connectivity index (χ0v) is 12.7. The highest BCUT2D eigenvalue weighted by Crippen LogP contribution is 2.20. The van der Waals surface area contributed by atoms with Crippen LogP contribution in [0.5, 0.6) is 0 Å². The molecule has 7 heteroatoms. The number of amides is 2. The Hall–Kier alpha value is -2.02. The minimum Gasteiger partial charge on any atom is -0.337 e. The van der Waals surface area contributed by atoms with Gasteiger partial charge in [0.15, 0.2) is 0 Å². The molecule has 2 aliphatic rings. The van der Waals surface area contributed by atoms with E-state index in [9.17, 15) is 18.4 Å². The van der Waals surface area contributed by atoms with Crippen molar-refractivity contribution in [2.75, 3.05) is 32.7 Å². The predicted molar refractivity (Wildman–Crippen MR) is 79.9 cm³/mol. The molecule has 1 N–H and O–H groups in total. The Morgan fingerprint density at radius 2 is 1.91 bits per heavy atom. The maximum atomic E-state index is 13.3. The molecule has 2 saturated heterocycles. The lowest BCUT2D eigenvalue weighted by Crippen LogP contribution is -2.57. The van der Waals surface area contributed by atoms with Crippen molar-refractivity contribution in [3.63, 3.8) is 0 Å². The van der Waals surface area contributed by atoms with Gasteiger partial charge in [-0.15, -0.1) is 0 Å². The predicted octanol–water partition coefficient (Wildman–Crippen LogP) is 1.00. The summed E-state index contributed by atoms with van der Waals surface area (Å²) in [5, 5.41) is 3.02. The van der Waals surface area contributed by atoms with Crippen LogP contribution in [0.25, 0.3) is 0 Å². The van der Waals surface area contributed by atoms with E-state index in [1.54, 1.807) is 4.90 Å². The highest BCUT2D eigenvalue weighted by Gasteiger charge is 2.32. The first kappa shape index (κ1) is 15.9. The Bertz CT molecular complexity index is 603. The quantitative estimate of drug-likeness (QED) is 0.883. The SMILES string of the molecule is O=C(c1cc(F)cc(F)c1)N1CCCC(N2CCNCC2=O)C1. The van der Waals surface area contributed by atoms with Crippen LogP contribution in [0.15, 0.2) is 18.2 Å². The first-order chi connectivity index (χ1) is 11.0. The van der Waals surface area contributed by atoms with Gasteiger partial charge in [-0.25, -0.2) is 8.78 Å². The maximum Gasteiger partial charge on any atom is 0.254 e. The molecule has 0 radical (unpaired) electrons. The fraction of sp³-hybridized carbons (Fsp3) is 0.500. The Balaban J connectivity index is 1.72. The molecule has 0 aromatic heterocycles. The second-order valence-electron chi connectivity index (χ2n) is 5.97. The number of carbonyl (C=O) groups is 2. The summed E-state index contributed by atoms with van der Waals surface area (Å²) in [6.07, 6.45) is 1.61. The minimum atomic E-state index is -0.765. The molecular weight excluding hydrogens is 304 g/mol. The lowest BCUT2D eigenvalue weighted by Gasteiger charge is -2.41. The molecule has 3 rings (SSSR count). The molecule has 0 aliphatic carbocycles. The van der Waals surface area contributed by atoms with E-state index >= 15 is 0 Å². The van der Waals surface area contributed by atoms with Gasteiger partial charge in [0.1, 0.15) is 11.6 Å². The first-order valence-electron chi connectivity index (χ1n) is 7.80. The molecule has 1 aromatic rings. The van der Waals surface area contributed by atoms with E-state index in [0.29, 0.717) is 26.2 Å². The van der Waals surface area contributed by atoms with E-state index < -0.39 is 17.5 Å². The lowest BCUT2D eigenvalue weighted by atomic mass is 10.0. The molecule has 1 aromatic carbocycles. The van der Waals surface area contributed by atoms with Crippen LogP contribution in [-0.2, 0) is 4.79 Å². The summed E-state index contributed by atoms with van der Waals surface area (Å²) in [4.78, 5) is 27.9. The average Bonchev–Trinajstić information content (AvgIpc) is 2.54. The van der Waals surface area contributed by atoms with E-state index in [2.05, 4.69) is 5.32 Å². The molecule has 23 heavy (non-hydrogen) atoms. The third kappa shape index (κ3) is 3.50. The number of nitrogens with zero attached hydrogens (tertiary/aromatic N) is 2. The van der Waals surface area contributed by atoms with E-state index in [0.717, 1.165) is 37.6 Å². The summed E-state index contributed by atoms with van der Waals surface area (Å²) in [7, 11) is 0. The molecular formula is C16H19F2N3O2. The van der Waals surface area contributed by atoms with Crippen molar-refractivity contribution in [3.05, 3.63) is 35.4 Å². The Labute approximate surface area is 133 Å². The van der Waals surface area contributed by atoms with Crippen molar-refractivity contribution in [2.45, 2.75) is 18.9 Å². The number of rotatable bonds is 2. The number of piperidine rings is 1. The van der Waals surface area contributed by atoms with Gasteiger partial charge < -0.3 is 15.1 Å². The molecule has 0 saturated carbocycles. The number of likely N-dealkylation sites (tertiary alicyclic amines) is 1. The molecule has 2 aliphatic heterocycles. The molecule has 0 spiro atoms. The highest BCUT2D eigenvalue weighted by molar-refractivity contribution is 5.94. The number of hydrogen-bond donors (Lipinski definition) is 1. The molecule has 0 bridgehead atoms. The highest BCUT2D eigenvalue weighted by atomic mass is 19.1. The van der Waals surface area contributed by atoms with Gasteiger partial charge in [0.05, 0.1) is 6.54 Å². The summed E-state index contributed by atoms with van der Waals surface area (Å²) in [6.45, 7) is 2.63. The second-order valence-corrected chi connectivity index (χ2v) is 5.97. The number of nitrogens with one attached hydrogen (secondary N) is 1. The monoisotopic (exact) mass is 323 g/mol. The molecule has 2 fully saturated rings. The van der Waals surface area contributed by atoms with E-state index in [1.807, 2.05) is 4.90 Å². The second kappa shape index (κ2) is 6.62. The smallest absolute Gasteiger partial charge is 0.254 e. The van der Waals surface area contributed by atoms with Crippen LogP contribution in [0.4, 0.5) is 8.78 Å². The van der Waals surface area contributed by atoms with Gasteiger partial charge in [-0.1, -0.05) is 0 Å². The van der Waals surface area contributed by atoms with Gasteiger partial charge in [0.2, 0.25) is 5.91 Å². The third-order valence-electron chi connectivity index (χ3n) is 4.36. The minimum absolute atomic E-state index is 0.00906. The van der Waals surface area contributed by atoms with Crippen LogP contribution in [0.1, 0.15) is 23.2 Å². The topological polar surface area (TPSA) is 52.7 Å². The zero-order chi connectivity index (χ0) is 16.4. The van der Waals surface area contributed by atoms with Crippen LogP contribution < -0.4 is 5.32 Å². The molecule has 124 valence electrons. The summed E-state index contributed by atoms with van der Waals surface area (Å²) in [5.41, 5.74) is 0.00906. The van der Waals surface area contributed by atoms with Gasteiger partial charge in [-0.3, -0.25) is 9.59 Å². The van der Waals surface area contributed by atoms with E-state index in [-0.39, 0.29) is 17.5 Å². The summed E-state index contributed by atoms with van der Waals surface area (Å²) < 4.78 is 26.6. The first-order valence-corrected chi connectivity index (χ1v) is 7.80. The van der Waals surface area contributed by atoms with Crippen LogP contribution in [-0.4, -0.2) is 60.4 Å². The maximum absolute atomic E-state index is 13.3.